The van der Waals surface area contributed by atoms with Crippen LogP contribution < -0.4 is 5.73 Å². The Labute approximate surface area is 187 Å². The summed E-state index contributed by atoms with van der Waals surface area (Å²) in [4.78, 5) is 2.27. The number of hydrogen-bond donors (Lipinski definition) is 1. The van der Waals surface area contributed by atoms with E-state index in [1.165, 1.54) is 10.5 Å². The van der Waals surface area contributed by atoms with Crippen LogP contribution >= 0.6 is 10.0 Å². The van der Waals surface area contributed by atoms with Gasteiger partial charge in [0, 0.05) is 10.3 Å². The molecule has 0 aromatic heterocycles. The van der Waals surface area contributed by atoms with Crippen LogP contribution in [0, 0.1) is 18.3 Å². The van der Waals surface area contributed by atoms with Crippen LogP contribution in [0.2, 0.25) is 0 Å². The number of nitriles is 1. The molecule has 0 radical (unpaired) electrons. The molecular weight excluding hydrogens is 404 g/mol. The zero-order valence-corrected chi connectivity index (χ0v) is 19.5. The maximum atomic E-state index is 10.3. The van der Waals surface area contributed by atoms with Crippen molar-refractivity contribution in [2.24, 2.45) is 5.73 Å². The van der Waals surface area contributed by atoms with Gasteiger partial charge < -0.3 is 15.2 Å². The Morgan fingerprint density at radius 3 is 2.26 bits per heavy atom. The smallest absolute Gasteiger partial charge is 0.171 e. The van der Waals surface area contributed by atoms with E-state index >= 15 is 0 Å². The van der Waals surface area contributed by atoms with Crippen LogP contribution in [0.4, 0.5) is 0 Å². The molecule has 2 atom stereocenters. The van der Waals surface area contributed by atoms with Gasteiger partial charge in [0.15, 0.2) is 11.5 Å². The number of aryl methyl sites for hydroxylation is 1. The molecule has 0 amide bonds. The second-order valence-corrected chi connectivity index (χ2v) is 10.9. The van der Waals surface area contributed by atoms with Gasteiger partial charge in [-0.15, -0.1) is 0 Å². The molecular formula is C26H32N2O2S. The van der Waals surface area contributed by atoms with E-state index in [1.54, 1.807) is 14.2 Å². The van der Waals surface area contributed by atoms with Gasteiger partial charge in [-0.05, 0) is 54.7 Å². The maximum Gasteiger partial charge on any atom is 0.171 e. The highest BCUT2D eigenvalue weighted by molar-refractivity contribution is 8.39. The van der Waals surface area contributed by atoms with E-state index in [-0.39, 0.29) is 0 Å². The fourth-order valence-electron chi connectivity index (χ4n) is 4.11. The van der Waals surface area contributed by atoms with E-state index in [0.29, 0.717) is 12.3 Å². The number of benzene rings is 2. The molecule has 0 aliphatic carbocycles. The first kappa shape index (κ1) is 23.0. The Morgan fingerprint density at radius 1 is 0.968 bits per heavy atom. The molecule has 3 rings (SSSR count). The molecule has 0 saturated heterocycles. The molecule has 164 valence electrons. The van der Waals surface area contributed by atoms with Crippen molar-refractivity contribution in [1.82, 2.24) is 0 Å². The van der Waals surface area contributed by atoms with Gasteiger partial charge in [0.05, 0.1) is 20.3 Å². The minimum absolute atomic E-state index is 0.411. The molecule has 31 heavy (non-hydrogen) atoms. The highest BCUT2D eigenvalue weighted by Gasteiger charge is 2.43. The number of nitrogens with two attached hydrogens (primary N) is 1. The topological polar surface area (TPSA) is 68.3 Å². The van der Waals surface area contributed by atoms with Crippen molar-refractivity contribution in [3.05, 3.63) is 87.6 Å². The lowest BCUT2D eigenvalue weighted by molar-refractivity contribution is 0.220. The molecule has 2 aromatic rings. The van der Waals surface area contributed by atoms with Gasteiger partial charge in [-0.3, -0.25) is 0 Å². The normalized spacial score (nSPS) is 21.1. The van der Waals surface area contributed by atoms with E-state index < -0.39 is 15.9 Å². The number of methoxy groups -OCH3 is 2. The highest BCUT2D eigenvalue weighted by atomic mass is 32.3. The van der Waals surface area contributed by atoms with Gasteiger partial charge in [0.2, 0.25) is 0 Å². The molecule has 1 heterocycles. The van der Waals surface area contributed by atoms with Gasteiger partial charge in [-0.25, -0.2) is 0 Å². The summed E-state index contributed by atoms with van der Waals surface area (Å²) < 4.78 is 11.7. The predicted octanol–water partition coefficient (Wildman–Crippen LogP) is 5.95. The fraction of sp³-hybridized carbons (Fsp3) is 0.346. The van der Waals surface area contributed by atoms with Crippen molar-refractivity contribution in [1.29, 1.82) is 5.26 Å². The van der Waals surface area contributed by atoms with Crippen molar-refractivity contribution in [2.45, 2.75) is 37.0 Å². The maximum absolute atomic E-state index is 10.3. The average molecular weight is 437 g/mol. The monoisotopic (exact) mass is 436 g/mol. The van der Waals surface area contributed by atoms with E-state index in [1.807, 2.05) is 30.3 Å². The van der Waals surface area contributed by atoms with E-state index in [9.17, 15) is 5.26 Å². The van der Waals surface area contributed by atoms with Crippen LogP contribution in [-0.2, 0) is 9.47 Å². The highest BCUT2D eigenvalue weighted by Crippen LogP contribution is 2.72. The molecule has 5 heteroatoms. The summed E-state index contributed by atoms with van der Waals surface area (Å²) in [5.74, 6) is 1.96. The largest absolute Gasteiger partial charge is 0.492 e. The van der Waals surface area contributed by atoms with Gasteiger partial charge in [0.1, 0.15) is 5.92 Å². The minimum atomic E-state index is -1.66. The van der Waals surface area contributed by atoms with Crippen LogP contribution in [-0.4, -0.2) is 26.5 Å². The SMILES string of the molecule is COC1=CS(CCCCCN)(c2ccc(C)cc2)C(C(C#N)c2ccccc2)=C1OC. The first-order chi connectivity index (χ1) is 15.1. The summed E-state index contributed by atoms with van der Waals surface area (Å²) >= 11 is 0. The zero-order chi connectivity index (χ0) is 22.3. The van der Waals surface area contributed by atoms with Crippen LogP contribution in [0.25, 0.3) is 0 Å². The third kappa shape index (κ3) is 4.66. The summed E-state index contributed by atoms with van der Waals surface area (Å²) in [7, 11) is 1.68. The molecule has 0 saturated carbocycles. The van der Waals surface area contributed by atoms with Crippen molar-refractivity contribution in [3.8, 4) is 6.07 Å². The molecule has 0 fully saturated rings. The average Bonchev–Trinajstić information content (AvgIpc) is 3.13. The zero-order valence-electron chi connectivity index (χ0n) is 18.6. The van der Waals surface area contributed by atoms with Crippen molar-refractivity contribution >= 4 is 10.0 Å². The number of hydrogen-bond acceptors (Lipinski definition) is 4. The van der Waals surface area contributed by atoms with Gasteiger partial charge in [-0.1, -0.05) is 54.4 Å². The Bertz CT molecular complexity index is 977. The number of unbranched alkanes of at least 4 members (excludes halogenated alkanes) is 2. The molecule has 2 aromatic carbocycles. The van der Waals surface area contributed by atoms with E-state index in [2.05, 4.69) is 42.7 Å². The second kappa shape index (κ2) is 10.6. The standard InChI is InChI=1S/C26H32N2O2S/c1-20-12-14-22(15-13-20)31(17-9-5-8-16-27)19-24(29-2)25(30-3)26(31)23(18-28)21-10-6-4-7-11-21/h4,6-7,10-15,19,23H,5,8-9,16-17,27H2,1-3H3. The third-order valence-corrected chi connectivity index (χ3v) is 9.58. The van der Waals surface area contributed by atoms with Gasteiger partial charge in [-0.2, -0.15) is 15.3 Å². The van der Waals surface area contributed by atoms with Crippen LogP contribution in [0.15, 0.2) is 81.3 Å². The second-order valence-electron chi connectivity index (χ2n) is 7.72. The molecule has 0 bridgehead atoms. The first-order valence-corrected chi connectivity index (χ1v) is 12.5. The molecule has 2 N–H and O–H groups in total. The van der Waals surface area contributed by atoms with Crippen LogP contribution in [0.1, 0.15) is 36.3 Å². The van der Waals surface area contributed by atoms with Crippen LogP contribution in [0.5, 0.6) is 0 Å². The quantitative estimate of drug-likeness (QED) is 0.467. The van der Waals surface area contributed by atoms with Gasteiger partial charge in [0.25, 0.3) is 0 Å². The number of nitrogens with zero attached hydrogens (tertiary/aromatic N) is 1. The van der Waals surface area contributed by atoms with Crippen molar-refractivity contribution in [3.63, 3.8) is 0 Å². The Kier molecular flexibility index (Phi) is 7.84. The Morgan fingerprint density at radius 2 is 1.68 bits per heavy atom. The van der Waals surface area contributed by atoms with Crippen molar-refractivity contribution < 1.29 is 9.47 Å². The number of ether oxygens (including phenoxy) is 2. The van der Waals surface area contributed by atoms with E-state index in [4.69, 9.17) is 15.2 Å². The minimum Gasteiger partial charge on any atom is -0.492 e. The molecule has 2 unspecified atom stereocenters. The third-order valence-electron chi connectivity index (χ3n) is 5.71. The predicted molar refractivity (Wildman–Crippen MR) is 129 cm³/mol. The fourth-order valence-corrected chi connectivity index (χ4v) is 8.18. The molecule has 1 aliphatic heterocycles. The lowest BCUT2D eigenvalue weighted by atomic mass is 9.99. The summed E-state index contributed by atoms with van der Waals surface area (Å²) in [5.41, 5.74) is 7.94. The van der Waals surface area contributed by atoms with E-state index in [0.717, 1.165) is 41.2 Å². The Hall–Kier alpha value is -2.68. The first-order valence-electron chi connectivity index (χ1n) is 10.7. The number of allylic oxidation sites excluding steroid dienone is 1. The summed E-state index contributed by atoms with van der Waals surface area (Å²) in [5, 5.41) is 12.6. The summed E-state index contributed by atoms with van der Waals surface area (Å²) in [6.07, 6.45) is 3.09. The lowest BCUT2D eigenvalue weighted by Crippen LogP contribution is -2.13. The molecule has 1 aliphatic rings. The van der Waals surface area contributed by atoms with Crippen molar-refractivity contribution in [2.75, 3.05) is 26.5 Å². The van der Waals surface area contributed by atoms with Gasteiger partial charge >= 0.3 is 0 Å². The summed E-state index contributed by atoms with van der Waals surface area (Å²) in [6, 6.07) is 21.3. The van der Waals surface area contributed by atoms with Crippen LogP contribution in [0.3, 0.4) is 0 Å². The Balaban J connectivity index is 2.22. The summed E-state index contributed by atoms with van der Waals surface area (Å²) in [6.45, 7) is 2.79. The number of rotatable bonds is 10. The molecule has 0 spiro atoms. The lowest BCUT2D eigenvalue weighted by Gasteiger charge is -2.39. The molecule has 4 nitrogen and oxygen atoms in total.